The molecule has 72 valence electrons. The number of hydrogen-bond donors (Lipinski definition) is 1. The van der Waals surface area contributed by atoms with Crippen LogP contribution in [-0.2, 0) is 0 Å². The standard InChI is InChI=1S/C7H8Cl2FN3/c8-6-3-4(5(10)1-2-11)7(9)13-12-6/h3,5H,1-2,11H2. The van der Waals surface area contributed by atoms with E-state index in [1.165, 1.54) is 6.07 Å². The van der Waals surface area contributed by atoms with Crippen molar-refractivity contribution in [2.24, 2.45) is 5.73 Å². The Morgan fingerprint density at radius 2 is 2.15 bits per heavy atom. The van der Waals surface area contributed by atoms with Crippen LogP contribution in [0.15, 0.2) is 6.07 Å². The molecule has 0 aliphatic rings. The molecule has 1 unspecified atom stereocenters. The first-order valence-electron chi connectivity index (χ1n) is 3.68. The summed E-state index contributed by atoms with van der Waals surface area (Å²) in [5.41, 5.74) is 5.45. The monoisotopic (exact) mass is 223 g/mol. The fraction of sp³-hybridized carbons (Fsp3) is 0.429. The maximum atomic E-state index is 13.3. The minimum absolute atomic E-state index is 0.0327. The zero-order valence-corrected chi connectivity index (χ0v) is 8.19. The summed E-state index contributed by atoms with van der Waals surface area (Å²) in [5.74, 6) is 0. The van der Waals surface area contributed by atoms with E-state index in [0.717, 1.165) is 0 Å². The average Bonchev–Trinajstić information content (AvgIpc) is 2.09. The Kier molecular flexibility index (Phi) is 3.84. The van der Waals surface area contributed by atoms with Gasteiger partial charge in [-0.2, -0.15) is 0 Å². The molecule has 0 fully saturated rings. The van der Waals surface area contributed by atoms with Gasteiger partial charge in [0.05, 0.1) is 0 Å². The van der Waals surface area contributed by atoms with Crippen LogP contribution in [0.5, 0.6) is 0 Å². The largest absolute Gasteiger partial charge is 0.330 e. The molecule has 1 aromatic heterocycles. The number of rotatable bonds is 3. The smallest absolute Gasteiger partial charge is 0.157 e. The van der Waals surface area contributed by atoms with Crippen molar-refractivity contribution in [2.75, 3.05) is 6.54 Å². The van der Waals surface area contributed by atoms with E-state index in [1.54, 1.807) is 0 Å². The molecule has 0 saturated heterocycles. The van der Waals surface area contributed by atoms with Gasteiger partial charge in [-0.3, -0.25) is 0 Å². The predicted octanol–water partition coefficient (Wildman–Crippen LogP) is 2.14. The van der Waals surface area contributed by atoms with E-state index in [2.05, 4.69) is 10.2 Å². The summed E-state index contributed by atoms with van der Waals surface area (Å²) in [6.45, 7) is 0.247. The first kappa shape index (κ1) is 10.6. The van der Waals surface area contributed by atoms with Crippen molar-refractivity contribution < 1.29 is 4.39 Å². The molecule has 0 aliphatic heterocycles. The van der Waals surface area contributed by atoms with Gasteiger partial charge in [0.25, 0.3) is 0 Å². The maximum Gasteiger partial charge on any atom is 0.157 e. The van der Waals surface area contributed by atoms with Gasteiger partial charge >= 0.3 is 0 Å². The Morgan fingerprint density at radius 1 is 1.46 bits per heavy atom. The van der Waals surface area contributed by atoms with Crippen LogP contribution in [0.4, 0.5) is 4.39 Å². The van der Waals surface area contributed by atoms with Crippen LogP contribution < -0.4 is 5.73 Å². The van der Waals surface area contributed by atoms with Crippen LogP contribution in [0.2, 0.25) is 10.3 Å². The van der Waals surface area contributed by atoms with Crippen LogP contribution in [0.3, 0.4) is 0 Å². The molecule has 0 aliphatic carbocycles. The molecule has 3 nitrogen and oxygen atoms in total. The number of hydrogen-bond acceptors (Lipinski definition) is 3. The molecule has 0 bridgehead atoms. The third kappa shape index (κ3) is 2.76. The van der Waals surface area contributed by atoms with Crippen LogP contribution >= 0.6 is 23.2 Å². The fourth-order valence-electron chi connectivity index (χ4n) is 0.888. The molecular formula is C7H8Cl2FN3. The Balaban J connectivity index is 2.91. The summed E-state index contributed by atoms with van der Waals surface area (Å²) in [6, 6.07) is 1.36. The number of aromatic nitrogens is 2. The van der Waals surface area contributed by atoms with Crippen molar-refractivity contribution in [2.45, 2.75) is 12.6 Å². The molecular weight excluding hydrogens is 216 g/mol. The Bertz CT molecular complexity index is 295. The summed E-state index contributed by atoms with van der Waals surface area (Å²) in [6.07, 6.45) is -1.03. The molecule has 1 aromatic rings. The van der Waals surface area contributed by atoms with Gasteiger partial charge in [0, 0.05) is 5.56 Å². The summed E-state index contributed by atoms with van der Waals surface area (Å²) >= 11 is 11.1. The van der Waals surface area contributed by atoms with E-state index < -0.39 is 6.17 Å². The van der Waals surface area contributed by atoms with Gasteiger partial charge in [0.1, 0.15) is 6.17 Å². The van der Waals surface area contributed by atoms with Crippen molar-refractivity contribution in [3.63, 3.8) is 0 Å². The quantitative estimate of drug-likeness (QED) is 0.855. The summed E-state index contributed by atoms with van der Waals surface area (Å²) in [4.78, 5) is 0. The highest BCUT2D eigenvalue weighted by atomic mass is 35.5. The first-order chi connectivity index (χ1) is 6.15. The Labute approximate surface area is 85.0 Å². The maximum absolute atomic E-state index is 13.3. The molecule has 0 spiro atoms. The topological polar surface area (TPSA) is 51.8 Å². The van der Waals surface area contributed by atoms with E-state index in [0.29, 0.717) is 0 Å². The molecule has 13 heavy (non-hydrogen) atoms. The van der Waals surface area contributed by atoms with Crippen molar-refractivity contribution in [3.8, 4) is 0 Å². The van der Waals surface area contributed by atoms with Crippen molar-refractivity contribution in [1.29, 1.82) is 0 Å². The summed E-state index contributed by atoms with van der Waals surface area (Å²) in [7, 11) is 0. The lowest BCUT2D eigenvalue weighted by Crippen LogP contribution is -2.05. The van der Waals surface area contributed by atoms with Crippen molar-refractivity contribution in [1.82, 2.24) is 10.2 Å². The van der Waals surface area contributed by atoms with Crippen LogP contribution in [0.1, 0.15) is 18.2 Å². The van der Waals surface area contributed by atoms with Gasteiger partial charge in [-0.1, -0.05) is 23.2 Å². The lowest BCUT2D eigenvalue weighted by atomic mass is 10.1. The van der Waals surface area contributed by atoms with Crippen LogP contribution in [0.25, 0.3) is 0 Å². The molecule has 1 atom stereocenters. The van der Waals surface area contributed by atoms with Gasteiger partial charge in [-0.25, -0.2) is 4.39 Å². The van der Waals surface area contributed by atoms with Gasteiger partial charge in [0.15, 0.2) is 10.3 Å². The summed E-state index contributed by atoms with van der Waals surface area (Å²) < 4.78 is 13.3. The zero-order valence-electron chi connectivity index (χ0n) is 6.67. The van der Waals surface area contributed by atoms with Crippen LogP contribution in [-0.4, -0.2) is 16.7 Å². The third-order valence-electron chi connectivity index (χ3n) is 1.50. The number of nitrogens with zero attached hydrogens (tertiary/aromatic N) is 2. The Hall–Kier alpha value is -0.450. The minimum Gasteiger partial charge on any atom is -0.330 e. The number of halogens is 3. The van der Waals surface area contributed by atoms with E-state index in [1.807, 2.05) is 0 Å². The normalized spacial score (nSPS) is 12.9. The second-order valence-electron chi connectivity index (χ2n) is 2.46. The first-order valence-corrected chi connectivity index (χ1v) is 4.43. The Morgan fingerprint density at radius 3 is 2.77 bits per heavy atom. The van der Waals surface area contributed by atoms with E-state index in [4.69, 9.17) is 28.9 Å². The molecule has 6 heteroatoms. The summed E-state index contributed by atoms with van der Waals surface area (Å²) in [5, 5.41) is 7.11. The number of nitrogens with two attached hydrogens (primary N) is 1. The second-order valence-corrected chi connectivity index (χ2v) is 3.20. The molecule has 0 amide bonds. The lowest BCUT2D eigenvalue weighted by molar-refractivity contribution is 0.326. The van der Waals surface area contributed by atoms with Gasteiger partial charge in [0.2, 0.25) is 0 Å². The number of alkyl halides is 1. The molecule has 0 aromatic carbocycles. The van der Waals surface area contributed by atoms with E-state index in [-0.39, 0.29) is 28.8 Å². The highest BCUT2D eigenvalue weighted by molar-refractivity contribution is 6.31. The zero-order chi connectivity index (χ0) is 9.84. The lowest BCUT2D eigenvalue weighted by Gasteiger charge is -2.07. The van der Waals surface area contributed by atoms with Gasteiger partial charge < -0.3 is 5.73 Å². The molecule has 0 saturated carbocycles. The fourth-order valence-corrected chi connectivity index (χ4v) is 1.25. The van der Waals surface area contributed by atoms with Crippen molar-refractivity contribution >= 4 is 23.2 Å². The van der Waals surface area contributed by atoms with E-state index in [9.17, 15) is 4.39 Å². The molecule has 1 rings (SSSR count). The van der Waals surface area contributed by atoms with Gasteiger partial charge in [-0.15, -0.1) is 10.2 Å². The average molecular weight is 224 g/mol. The highest BCUT2D eigenvalue weighted by Gasteiger charge is 2.14. The molecule has 2 N–H and O–H groups in total. The van der Waals surface area contributed by atoms with Crippen molar-refractivity contribution in [3.05, 3.63) is 21.9 Å². The SMILES string of the molecule is NCCC(F)c1cc(Cl)nnc1Cl. The molecule has 0 radical (unpaired) electrons. The van der Waals surface area contributed by atoms with Crippen LogP contribution in [0, 0.1) is 0 Å². The highest BCUT2D eigenvalue weighted by Crippen LogP contribution is 2.27. The third-order valence-corrected chi connectivity index (χ3v) is 1.98. The molecule has 1 heterocycles. The minimum atomic E-state index is -1.23. The predicted molar refractivity (Wildman–Crippen MR) is 49.6 cm³/mol. The second kappa shape index (κ2) is 4.69. The van der Waals surface area contributed by atoms with Gasteiger partial charge in [-0.05, 0) is 19.0 Å². The van der Waals surface area contributed by atoms with E-state index >= 15 is 0 Å².